The number of unbranched alkanes of at least 4 members (excludes halogenated alkanes) is 3. The van der Waals surface area contributed by atoms with Crippen molar-refractivity contribution in [1.29, 1.82) is 0 Å². The number of hydrogen-bond acceptors (Lipinski definition) is 14. The van der Waals surface area contributed by atoms with E-state index in [2.05, 4.69) is 26.0 Å². The van der Waals surface area contributed by atoms with Gasteiger partial charge in [0, 0.05) is 75.9 Å². The number of sulfonamides is 1. The maximum atomic E-state index is 14.8. The van der Waals surface area contributed by atoms with Gasteiger partial charge in [0.05, 0.1) is 11.8 Å². The first-order chi connectivity index (χ1) is 43.6. The molecule has 0 spiro atoms. The Kier molecular flexibility index (Phi) is 28.3. The quantitative estimate of drug-likeness (QED) is 0.0229. The van der Waals surface area contributed by atoms with Crippen molar-refractivity contribution >= 4 is 75.2 Å². The molecule has 0 bridgehead atoms. The number of imide groups is 1. The second-order valence-electron chi connectivity index (χ2n) is 28.0. The summed E-state index contributed by atoms with van der Waals surface area (Å²) in [7, 11) is 0.251. The lowest BCUT2D eigenvalue weighted by Gasteiger charge is -2.42. The summed E-state index contributed by atoms with van der Waals surface area (Å²) in [6, 6.07) is 18.7. The van der Waals surface area contributed by atoms with Crippen molar-refractivity contribution < 1.29 is 65.8 Å². The van der Waals surface area contributed by atoms with E-state index in [-0.39, 0.29) is 66.9 Å². The van der Waals surface area contributed by atoms with Gasteiger partial charge in [-0.1, -0.05) is 134 Å². The molecule has 3 aromatic rings. The third-order valence-corrected chi connectivity index (χ3v) is 16.9. The van der Waals surface area contributed by atoms with Gasteiger partial charge in [0.25, 0.3) is 17.7 Å². The molecule has 516 valence electrons. The molecular formula is C70H101N9O14S. The molecule has 5 atom stereocenters. The average molecular weight is 1320 g/mol. The highest BCUT2D eigenvalue weighted by Gasteiger charge is 2.46. The van der Waals surface area contributed by atoms with Crippen LogP contribution in [0.2, 0.25) is 0 Å². The summed E-state index contributed by atoms with van der Waals surface area (Å²) in [5.74, 6) is -5.46. The van der Waals surface area contributed by atoms with E-state index >= 15 is 0 Å². The number of carbonyl (C=O) groups excluding carboxylic acids is 10. The van der Waals surface area contributed by atoms with Gasteiger partial charge >= 0.3 is 12.2 Å². The largest absolute Gasteiger partial charge is 0.444 e. The molecule has 4 rings (SSSR count). The predicted octanol–water partition coefficient (Wildman–Crippen LogP) is 8.48. The smallest absolute Gasteiger partial charge is 0.410 e. The highest BCUT2D eigenvalue weighted by Crippen LogP contribution is 2.33. The summed E-state index contributed by atoms with van der Waals surface area (Å²) >= 11 is 0. The van der Waals surface area contributed by atoms with Crippen LogP contribution in [0, 0.1) is 11.3 Å². The van der Waals surface area contributed by atoms with Crippen LogP contribution in [0.4, 0.5) is 15.3 Å². The fraction of sp³-hybridized carbons (Fsp3) is 0.543. The molecule has 94 heavy (non-hydrogen) atoms. The first kappa shape index (κ1) is 78.0. The fourth-order valence-electron chi connectivity index (χ4n) is 10.5. The van der Waals surface area contributed by atoms with E-state index < -0.39 is 116 Å². The highest BCUT2D eigenvalue weighted by atomic mass is 32.2. The van der Waals surface area contributed by atoms with Gasteiger partial charge in [-0.05, 0) is 121 Å². The molecule has 0 saturated carbocycles. The van der Waals surface area contributed by atoms with E-state index in [1.165, 1.54) is 78.2 Å². The molecule has 0 saturated heterocycles. The van der Waals surface area contributed by atoms with E-state index in [1.54, 1.807) is 93.6 Å². The third-order valence-electron chi connectivity index (χ3n) is 15.7. The fourth-order valence-corrected chi connectivity index (χ4v) is 11.7. The van der Waals surface area contributed by atoms with Gasteiger partial charge in [0.2, 0.25) is 39.6 Å². The number of rotatable bonds is 31. The van der Waals surface area contributed by atoms with E-state index in [4.69, 9.17) is 9.47 Å². The summed E-state index contributed by atoms with van der Waals surface area (Å²) in [5.41, 5.74) is -1.48. The zero-order chi connectivity index (χ0) is 70.7. The van der Waals surface area contributed by atoms with Crippen LogP contribution in [0.3, 0.4) is 0 Å². The molecule has 0 aromatic heterocycles. The number of carbonyl (C=O) groups is 10. The Morgan fingerprint density at radius 2 is 1.18 bits per heavy atom. The number of benzene rings is 3. The van der Waals surface area contributed by atoms with Gasteiger partial charge in [0.1, 0.15) is 35.4 Å². The number of ether oxygens (including phenoxy) is 2. The zero-order valence-corrected chi connectivity index (χ0v) is 58.8. The topological polar surface area (TPSA) is 296 Å². The number of likely N-dealkylation sites (N-methyl/N-ethyl adjacent to an activating group) is 2. The second kappa shape index (κ2) is 34.1. The SMILES string of the molecule is CC(=CC(C(C)C)N(C)C(=O)C(NC(=O)C(N(C)C(=O)OC(C)(C)C)C(C)(C)c1ccccc1)C(C)(C)C)C(=O)NS(=O)(=O)Cc1ccc(NC(=O)C(CCCCN(C)C(=O)OC(C)(C)C)NC(=O)C(Cc2ccccc2)NC(=O)CCCCCN2C(=O)C=CC2=O)cc1. The van der Waals surface area contributed by atoms with Gasteiger partial charge in [-0.15, -0.1) is 0 Å². The molecule has 0 aliphatic carbocycles. The zero-order valence-electron chi connectivity index (χ0n) is 58.0. The Hall–Kier alpha value is -8.41. The minimum absolute atomic E-state index is 0.0108. The van der Waals surface area contributed by atoms with Gasteiger partial charge < -0.3 is 40.5 Å². The Morgan fingerprint density at radius 1 is 0.617 bits per heavy atom. The summed E-state index contributed by atoms with van der Waals surface area (Å²) in [4.78, 5) is 141. The molecule has 23 nitrogen and oxygen atoms in total. The molecule has 1 heterocycles. The van der Waals surface area contributed by atoms with Crippen LogP contribution in [0.1, 0.15) is 159 Å². The van der Waals surface area contributed by atoms with Gasteiger partial charge in [-0.2, -0.15) is 0 Å². The van der Waals surface area contributed by atoms with E-state index in [1.807, 2.05) is 64.1 Å². The van der Waals surface area contributed by atoms with Gasteiger partial charge in [0.15, 0.2) is 0 Å². The highest BCUT2D eigenvalue weighted by molar-refractivity contribution is 7.89. The van der Waals surface area contributed by atoms with Crippen molar-refractivity contribution in [3.8, 4) is 0 Å². The molecule has 0 radical (unpaired) electrons. The Labute approximate surface area is 556 Å². The molecular weight excluding hydrogens is 1220 g/mol. The van der Waals surface area contributed by atoms with Crippen molar-refractivity contribution in [1.82, 2.24) is 40.3 Å². The first-order valence-corrected chi connectivity index (χ1v) is 33.6. The standard InChI is InChI=1S/C70H101N9O14S/c1-46(2)54(77(16)64(87)58(67(4,5)6)74-63(86)59(78(17)66(89)93-69(10,11)12)70(13,14)50-31-23-19-24-32-50)43-47(3)60(83)75-94(90,91)45-49-35-37-51(38-36-49)71-61(84)52(33-26-28-41-76(15)65(88)92-68(7,8)9)73-62(85)53(44-48-29-21-18-22-30-48)72-55(80)34-25-20-27-42-79-56(81)39-40-57(79)82/h18-19,21-24,29-32,35-40,43,46,52-54,58-59H,20,25-28,33-34,41-42,44-45H2,1-17H3,(H,71,84)(H,72,80)(H,73,85)(H,74,86)(H,75,83). The molecule has 10 amide bonds. The van der Waals surface area contributed by atoms with E-state index in [0.29, 0.717) is 32.1 Å². The molecule has 1 aliphatic heterocycles. The number of nitrogens with zero attached hydrogens (tertiary/aromatic N) is 4. The Bertz CT molecular complexity index is 3300. The number of anilines is 1. The molecule has 5 unspecified atom stereocenters. The summed E-state index contributed by atoms with van der Waals surface area (Å²) < 4.78 is 40.6. The van der Waals surface area contributed by atoms with E-state index in [0.717, 1.165) is 16.0 Å². The van der Waals surface area contributed by atoms with Crippen LogP contribution in [0.5, 0.6) is 0 Å². The molecule has 0 fully saturated rings. The first-order valence-electron chi connectivity index (χ1n) is 31.9. The number of nitrogens with one attached hydrogen (secondary N) is 5. The average Bonchev–Trinajstić information content (AvgIpc) is 0.916. The van der Waals surface area contributed by atoms with Crippen LogP contribution < -0.4 is 26.0 Å². The summed E-state index contributed by atoms with van der Waals surface area (Å²) in [6.45, 7) is 25.0. The van der Waals surface area contributed by atoms with Crippen LogP contribution in [0.15, 0.2) is 109 Å². The maximum absolute atomic E-state index is 14.8. The van der Waals surface area contributed by atoms with Gasteiger partial charge in [-0.3, -0.25) is 48.2 Å². The summed E-state index contributed by atoms with van der Waals surface area (Å²) in [6.07, 6.45) is 5.12. The lowest BCUT2D eigenvalue weighted by molar-refractivity contribution is -0.142. The minimum Gasteiger partial charge on any atom is -0.444 e. The van der Waals surface area contributed by atoms with Gasteiger partial charge in [-0.25, -0.2) is 22.7 Å². The van der Waals surface area contributed by atoms with Crippen molar-refractivity contribution in [3.63, 3.8) is 0 Å². The Morgan fingerprint density at radius 3 is 1.73 bits per heavy atom. The van der Waals surface area contributed by atoms with Crippen LogP contribution in [0.25, 0.3) is 0 Å². The normalized spacial score (nSPS) is 14.6. The van der Waals surface area contributed by atoms with Crippen LogP contribution in [-0.4, -0.2) is 163 Å². The monoisotopic (exact) mass is 1320 g/mol. The third kappa shape index (κ3) is 24.8. The van der Waals surface area contributed by atoms with Crippen molar-refractivity contribution in [2.24, 2.45) is 11.3 Å². The Balaban J connectivity index is 1.49. The second-order valence-corrected chi connectivity index (χ2v) is 29.8. The molecule has 24 heteroatoms. The minimum atomic E-state index is -4.36. The molecule has 5 N–H and O–H groups in total. The lowest BCUT2D eigenvalue weighted by atomic mass is 9.76. The van der Waals surface area contributed by atoms with Crippen LogP contribution in [-0.2, 0) is 75.4 Å². The molecule has 1 aliphatic rings. The van der Waals surface area contributed by atoms with Crippen LogP contribution >= 0.6 is 0 Å². The maximum Gasteiger partial charge on any atom is 0.410 e. The number of hydrogen-bond donors (Lipinski definition) is 5. The van der Waals surface area contributed by atoms with E-state index in [9.17, 15) is 56.4 Å². The van der Waals surface area contributed by atoms with Crippen molar-refractivity contribution in [3.05, 3.63) is 125 Å². The lowest BCUT2D eigenvalue weighted by Crippen LogP contribution is -2.63. The molecule has 3 aromatic carbocycles. The van der Waals surface area contributed by atoms with Crippen molar-refractivity contribution in [2.75, 3.05) is 39.5 Å². The number of amides is 10. The summed E-state index contributed by atoms with van der Waals surface area (Å²) in [5, 5.41) is 11.5. The van der Waals surface area contributed by atoms with Crippen molar-refractivity contribution in [2.45, 2.75) is 201 Å². The predicted molar refractivity (Wildman–Crippen MR) is 361 cm³/mol.